The Labute approximate surface area is 333 Å². The molecular formula is C42H65BrO10Si. The number of carbonyl (C=O) groups excluding carboxylic acids is 2. The highest BCUT2D eigenvalue weighted by Crippen LogP contribution is 2.46. The van der Waals surface area contributed by atoms with Crippen molar-refractivity contribution in [2.24, 2.45) is 23.7 Å². The second-order valence-corrected chi connectivity index (χ2v) is 22.3. The third kappa shape index (κ3) is 10.9. The van der Waals surface area contributed by atoms with E-state index in [9.17, 15) is 9.59 Å². The van der Waals surface area contributed by atoms with E-state index in [0.717, 1.165) is 29.3 Å². The highest BCUT2D eigenvalue weighted by Gasteiger charge is 2.49. The summed E-state index contributed by atoms with van der Waals surface area (Å²) in [6, 6.07) is 5.78. The molecule has 2 saturated heterocycles. The number of fused-ring (bicyclic) bond motifs is 1. The molecule has 4 rings (SSSR count). The Kier molecular flexibility index (Phi) is 16.0. The molecular weight excluding hydrogens is 772 g/mol. The van der Waals surface area contributed by atoms with E-state index in [0.29, 0.717) is 12.2 Å². The molecule has 2 heterocycles. The highest BCUT2D eigenvalue weighted by atomic mass is 79.9. The van der Waals surface area contributed by atoms with Gasteiger partial charge in [0, 0.05) is 51.0 Å². The maximum atomic E-state index is 13.7. The lowest BCUT2D eigenvalue weighted by atomic mass is 9.77. The molecule has 0 spiro atoms. The van der Waals surface area contributed by atoms with Crippen molar-refractivity contribution in [3.8, 4) is 5.75 Å². The predicted molar refractivity (Wildman–Crippen MR) is 216 cm³/mol. The molecule has 1 aliphatic carbocycles. The lowest BCUT2D eigenvalue weighted by Gasteiger charge is -2.45. The standard InChI is InChI=1S/C42H65BrO10Si/c1-13-30-15-14-16-35(50-27(4)44)25(2)37(53-54(11,12)42(5,6)7)32-21-19-28(33(32)24-36(45)51-30)17-18-29-23-31(20-22-34(29)43)52-41-40(48-10)39(47-9)38(46-8)26(3)49-41/h17-23,25-26,28,30,32-33,35,37-41H,13-16,24H2,1-12H3/b18-17+/t25-,26+,28-,30+,32-,33+,35+,37+,38+,39-,40-,41+/m1/s1. The van der Waals surface area contributed by atoms with Crippen LogP contribution in [0.2, 0.25) is 18.1 Å². The molecule has 0 bridgehead atoms. The summed E-state index contributed by atoms with van der Waals surface area (Å²) in [4.78, 5) is 26.1. The second kappa shape index (κ2) is 19.4. The Morgan fingerprint density at radius 3 is 2.30 bits per heavy atom. The lowest BCUT2D eigenvalue weighted by Crippen LogP contribution is -2.60. The van der Waals surface area contributed by atoms with E-state index in [4.69, 9.17) is 37.6 Å². The Balaban J connectivity index is 1.68. The van der Waals surface area contributed by atoms with Crippen LogP contribution in [0.25, 0.3) is 6.08 Å². The number of halogens is 1. The summed E-state index contributed by atoms with van der Waals surface area (Å²) >= 11 is 3.74. The van der Waals surface area contributed by atoms with Crippen molar-refractivity contribution in [1.82, 2.24) is 0 Å². The first kappa shape index (κ1) is 44.6. The van der Waals surface area contributed by atoms with Crippen LogP contribution >= 0.6 is 15.9 Å². The van der Waals surface area contributed by atoms with Crippen molar-refractivity contribution in [3.05, 3.63) is 46.5 Å². The minimum absolute atomic E-state index is 0.0446. The van der Waals surface area contributed by atoms with Crippen LogP contribution in [0, 0.1) is 23.7 Å². The Morgan fingerprint density at radius 1 is 1.00 bits per heavy atom. The summed E-state index contributed by atoms with van der Waals surface area (Å²) < 4.78 is 50.1. The van der Waals surface area contributed by atoms with Gasteiger partial charge in [-0.1, -0.05) is 74.9 Å². The maximum absolute atomic E-state index is 13.7. The topological polar surface area (TPSA) is 108 Å². The van der Waals surface area contributed by atoms with E-state index in [1.807, 2.05) is 32.0 Å². The molecule has 10 nitrogen and oxygen atoms in total. The monoisotopic (exact) mass is 836 g/mol. The summed E-state index contributed by atoms with van der Waals surface area (Å²) in [5.41, 5.74) is 0.902. The van der Waals surface area contributed by atoms with Gasteiger partial charge >= 0.3 is 11.9 Å². The zero-order valence-electron chi connectivity index (χ0n) is 34.5. The number of rotatable bonds is 11. The zero-order valence-corrected chi connectivity index (χ0v) is 37.1. The van der Waals surface area contributed by atoms with E-state index >= 15 is 0 Å². The smallest absolute Gasteiger partial charge is 0.306 e. The van der Waals surface area contributed by atoms with E-state index in [1.165, 1.54) is 6.92 Å². The number of hydrogen-bond donors (Lipinski definition) is 0. The van der Waals surface area contributed by atoms with Crippen molar-refractivity contribution in [2.75, 3.05) is 21.3 Å². The fourth-order valence-corrected chi connectivity index (χ4v) is 9.62. The number of hydrogen-bond acceptors (Lipinski definition) is 10. The summed E-state index contributed by atoms with van der Waals surface area (Å²) in [5.74, 6) is -0.285. The van der Waals surface area contributed by atoms with Crippen LogP contribution in [0.4, 0.5) is 0 Å². The number of carbonyl (C=O) groups is 2. The fourth-order valence-electron chi connectivity index (χ4n) is 7.84. The number of allylic oxidation sites excluding steroid dienone is 2. The first-order chi connectivity index (χ1) is 25.4. The number of cyclic esters (lactones) is 1. The van der Waals surface area contributed by atoms with Gasteiger partial charge in [-0.15, -0.1) is 0 Å². The molecule has 0 N–H and O–H groups in total. The van der Waals surface area contributed by atoms with Crippen molar-refractivity contribution in [2.45, 2.75) is 148 Å². The van der Waals surface area contributed by atoms with Gasteiger partial charge in [-0.25, -0.2) is 0 Å². The van der Waals surface area contributed by atoms with E-state index in [2.05, 4.69) is 81.0 Å². The van der Waals surface area contributed by atoms with Gasteiger partial charge in [-0.2, -0.15) is 0 Å². The molecule has 2 aliphatic heterocycles. The van der Waals surface area contributed by atoms with Crippen LogP contribution in [0.3, 0.4) is 0 Å². The van der Waals surface area contributed by atoms with E-state index in [-0.39, 0.29) is 83.7 Å². The minimum Gasteiger partial charge on any atom is -0.462 e. The molecule has 0 radical (unpaired) electrons. The summed E-state index contributed by atoms with van der Waals surface area (Å²) in [6.07, 6.45) is 8.80. The molecule has 0 aromatic heterocycles. The second-order valence-electron chi connectivity index (χ2n) is 16.7. The number of methoxy groups -OCH3 is 3. The van der Waals surface area contributed by atoms with Crippen LogP contribution in [0.5, 0.6) is 5.75 Å². The van der Waals surface area contributed by atoms with Gasteiger partial charge in [0.05, 0.1) is 12.2 Å². The van der Waals surface area contributed by atoms with E-state index < -0.39 is 20.7 Å². The van der Waals surface area contributed by atoms with Crippen LogP contribution in [0.15, 0.2) is 40.9 Å². The van der Waals surface area contributed by atoms with Crippen LogP contribution in [0.1, 0.15) is 86.1 Å². The maximum Gasteiger partial charge on any atom is 0.306 e. The minimum atomic E-state index is -2.30. The number of esters is 2. The third-order valence-electron chi connectivity index (χ3n) is 12.0. The van der Waals surface area contributed by atoms with Gasteiger partial charge in [-0.3, -0.25) is 9.59 Å². The Hall–Kier alpha value is -2.06. The molecule has 0 unspecified atom stereocenters. The number of ether oxygens (including phenoxy) is 7. The van der Waals surface area contributed by atoms with Gasteiger partial charge in [0.2, 0.25) is 6.29 Å². The third-order valence-corrected chi connectivity index (χ3v) is 17.2. The largest absolute Gasteiger partial charge is 0.462 e. The first-order valence-electron chi connectivity index (χ1n) is 19.6. The summed E-state index contributed by atoms with van der Waals surface area (Å²) in [5, 5.41) is -0.0446. The SMILES string of the molecule is CC[C@H]1CCC[C@H](OC(C)=O)[C@@H](C)[C@H](O[Si](C)(C)C(C)(C)C)[C@@H]2C=C[C@@H](/C=C/c3cc(O[C@@H]4O[C@@H](C)[C@H](OC)[C@@H](OC)[C@H]4OC)ccc3Br)[C@@H]2CC(=O)O1. The normalized spacial score (nSPS) is 34.1. The van der Waals surface area contributed by atoms with Gasteiger partial charge in [-0.05, 0) is 86.3 Å². The summed E-state index contributed by atoms with van der Waals surface area (Å²) in [7, 11) is 2.57. The molecule has 54 heavy (non-hydrogen) atoms. The average molecular weight is 838 g/mol. The molecule has 0 saturated carbocycles. The zero-order chi connectivity index (χ0) is 40.0. The van der Waals surface area contributed by atoms with Gasteiger partial charge in [0.25, 0.3) is 0 Å². The Bertz CT molecular complexity index is 1460. The molecule has 2 fully saturated rings. The molecule has 1 aromatic rings. The fraction of sp³-hybridized carbons (Fsp3) is 0.714. The first-order valence-corrected chi connectivity index (χ1v) is 23.3. The average Bonchev–Trinajstić information content (AvgIpc) is 3.49. The molecule has 12 heteroatoms. The van der Waals surface area contributed by atoms with Crippen LogP contribution in [-0.4, -0.2) is 90.6 Å². The summed E-state index contributed by atoms with van der Waals surface area (Å²) in [6.45, 7) is 18.8. The van der Waals surface area contributed by atoms with Gasteiger partial charge in [0.1, 0.15) is 36.3 Å². The van der Waals surface area contributed by atoms with Crippen LogP contribution < -0.4 is 4.74 Å². The molecule has 1 aromatic carbocycles. The van der Waals surface area contributed by atoms with Crippen molar-refractivity contribution in [3.63, 3.8) is 0 Å². The number of benzene rings is 1. The van der Waals surface area contributed by atoms with Crippen molar-refractivity contribution < 1.29 is 47.2 Å². The van der Waals surface area contributed by atoms with Crippen molar-refractivity contribution in [1.29, 1.82) is 0 Å². The van der Waals surface area contributed by atoms with E-state index in [1.54, 1.807) is 21.3 Å². The molecule has 12 atom stereocenters. The molecule has 304 valence electrons. The lowest BCUT2D eigenvalue weighted by molar-refractivity contribution is -0.282. The quantitative estimate of drug-likeness (QED) is 0.122. The predicted octanol–water partition coefficient (Wildman–Crippen LogP) is 8.90. The van der Waals surface area contributed by atoms with Gasteiger partial charge < -0.3 is 37.6 Å². The molecule has 3 aliphatic rings. The van der Waals surface area contributed by atoms with Crippen molar-refractivity contribution >= 4 is 42.3 Å². The van der Waals surface area contributed by atoms with Gasteiger partial charge in [0.15, 0.2) is 8.32 Å². The highest BCUT2D eigenvalue weighted by molar-refractivity contribution is 9.10. The Morgan fingerprint density at radius 2 is 1.69 bits per heavy atom. The molecule has 0 amide bonds. The van der Waals surface area contributed by atoms with Crippen LogP contribution in [-0.2, 0) is 42.4 Å².